The van der Waals surface area contributed by atoms with Gasteiger partial charge in [0.15, 0.2) is 28.1 Å². The number of H-pyrrole nitrogens is 2. The second kappa shape index (κ2) is 6.18. The maximum atomic E-state index is 5.58. The molecule has 4 rings (SSSR count). The van der Waals surface area contributed by atoms with Crippen LogP contribution < -0.4 is 11.5 Å². The summed E-state index contributed by atoms with van der Waals surface area (Å²) >= 11 is 5.58. The summed E-state index contributed by atoms with van der Waals surface area (Å²) in [5.41, 5.74) is 12.1. The van der Waals surface area contributed by atoms with Gasteiger partial charge in [-0.3, -0.25) is 10.2 Å². The summed E-state index contributed by atoms with van der Waals surface area (Å²) < 4.78 is 0. The van der Waals surface area contributed by atoms with E-state index in [2.05, 4.69) is 40.8 Å². The Morgan fingerprint density at radius 3 is 2.23 bits per heavy atom. The molecular formula is C11H13ClN10. The Labute approximate surface area is 129 Å². The van der Waals surface area contributed by atoms with Crippen molar-refractivity contribution < 1.29 is 0 Å². The second-order valence-electron chi connectivity index (χ2n) is 3.94. The maximum Gasteiger partial charge on any atom is 0.180 e. The molecule has 4 heterocycles. The van der Waals surface area contributed by atoms with E-state index in [-0.39, 0.29) is 7.43 Å². The largest absolute Gasteiger partial charge is 0.382 e. The van der Waals surface area contributed by atoms with Gasteiger partial charge in [0.2, 0.25) is 0 Å². The predicted molar refractivity (Wildman–Crippen MR) is 83.9 cm³/mol. The fraction of sp³-hybridized carbons (Fsp3) is 0.0909. The van der Waals surface area contributed by atoms with Crippen LogP contribution in [0.1, 0.15) is 7.43 Å². The lowest BCUT2D eigenvalue weighted by Gasteiger charge is -1.87. The van der Waals surface area contributed by atoms with Crippen molar-refractivity contribution in [2.45, 2.75) is 7.43 Å². The van der Waals surface area contributed by atoms with Gasteiger partial charge in [-0.05, 0) is 12.1 Å². The third-order valence-electron chi connectivity index (χ3n) is 2.60. The Hall–Kier alpha value is -3.01. The maximum absolute atomic E-state index is 5.58. The second-order valence-corrected chi connectivity index (χ2v) is 4.33. The smallest absolute Gasteiger partial charge is 0.180 e. The van der Waals surface area contributed by atoms with Gasteiger partial charge in [-0.1, -0.05) is 19.0 Å². The van der Waals surface area contributed by atoms with Gasteiger partial charge >= 0.3 is 0 Å². The van der Waals surface area contributed by atoms with E-state index in [0.29, 0.717) is 33.5 Å². The number of anilines is 2. The van der Waals surface area contributed by atoms with E-state index < -0.39 is 0 Å². The van der Waals surface area contributed by atoms with E-state index in [1.54, 1.807) is 18.3 Å². The molecule has 11 heteroatoms. The van der Waals surface area contributed by atoms with Crippen LogP contribution in [-0.4, -0.2) is 40.8 Å². The van der Waals surface area contributed by atoms with Crippen LogP contribution in [0.4, 0.5) is 11.6 Å². The monoisotopic (exact) mass is 320 g/mol. The molecule has 0 radical (unpaired) electrons. The van der Waals surface area contributed by atoms with Gasteiger partial charge in [0.05, 0.1) is 17.0 Å². The molecule has 0 amide bonds. The molecule has 4 aromatic heterocycles. The lowest BCUT2D eigenvalue weighted by molar-refractivity contribution is 1.02. The molecule has 0 unspecified atom stereocenters. The number of fused-ring (bicyclic) bond motifs is 2. The van der Waals surface area contributed by atoms with E-state index in [0.717, 1.165) is 5.39 Å². The van der Waals surface area contributed by atoms with E-state index in [1.165, 1.54) is 0 Å². The highest BCUT2D eigenvalue weighted by Gasteiger charge is 2.03. The van der Waals surface area contributed by atoms with Gasteiger partial charge in [0, 0.05) is 0 Å². The van der Waals surface area contributed by atoms with Crippen LogP contribution in [0.3, 0.4) is 0 Å². The molecule has 4 aromatic rings. The van der Waals surface area contributed by atoms with E-state index in [9.17, 15) is 0 Å². The average Bonchev–Trinajstić information content (AvgIpc) is 3.05. The molecule has 0 aromatic carbocycles. The number of hydrogen-bond acceptors (Lipinski definition) is 8. The van der Waals surface area contributed by atoms with E-state index in [4.69, 9.17) is 23.1 Å². The Bertz CT molecular complexity index is 898. The van der Waals surface area contributed by atoms with Crippen molar-refractivity contribution in [3.05, 3.63) is 23.5 Å². The number of nitrogens with one attached hydrogen (secondary N) is 2. The molecule has 10 nitrogen and oxygen atoms in total. The molecule has 0 spiro atoms. The van der Waals surface area contributed by atoms with Crippen LogP contribution in [0.25, 0.3) is 22.1 Å². The molecule has 0 fully saturated rings. The predicted octanol–water partition coefficient (Wildman–Crippen LogP) is 1.16. The van der Waals surface area contributed by atoms with E-state index >= 15 is 0 Å². The lowest BCUT2D eigenvalue weighted by atomic mass is 10.4. The standard InChI is InChI=1S/C5H4ClN5.C5H5N5.CH4/c6-3-1-2-4(7)9-11-5(2)10-8-3;6-4-3-1-2-7-9-5(3)10-8-4;/h1H,(H3,7,9,10,11);1-2H,(H3,6,8,9,10);1H4. The number of rotatable bonds is 0. The molecule has 0 bridgehead atoms. The third kappa shape index (κ3) is 2.86. The van der Waals surface area contributed by atoms with E-state index in [1.807, 2.05) is 0 Å². The number of aromatic amines is 2. The van der Waals surface area contributed by atoms with Crippen LogP contribution in [0.15, 0.2) is 18.3 Å². The van der Waals surface area contributed by atoms with Crippen LogP contribution >= 0.6 is 11.6 Å². The molecular weight excluding hydrogens is 308 g/mol. The summed E-state index contributed by atoms with van der Waals surface area (Å²) in [7, 11) is 0. The van der Waals surface area contributed by atoms with Crippen molar-refractivity contribution in [3.63, 3.8) is 0 Å². The number of nitrogens with two attached hydrogens (primary N) is 2. The molecule has 0 saturated carbocycles. The van der Waals surface area contributed by atoms with Crippen LogP contribution in [-0.2, 0) is 0 Å². The van der Waals surface area contributed by atoms with Gasteiger partial charge in [-0.2, -0.15) is 15.3 Å². The van der Waals surface area contributed by atoms with Crippen LogP contribution in [0.5, 0.6) is 0 Å². The summed E-state index contributed by atoms with van der Waals surface area (Å²) in [4.78, 5) is 0. The fourth-order valence-corrected chi connectivity index (χ4v) is 1.76. The molecule has 6 N–H and O–H groups in total. The first-order valence-electron chi connectivity index (χ1n) is 5.69. The Kier molecular flexibility index (Phi) is 4.32. The van der Waals surface area contributed by atoms with Crippen LogP contribution in [0, 0.1) is 0 Å². The number of aromatic nitrogens is 8. The highest BCUT2D eigenvalue weighted by Crippen LogP contribution is 2.17. The lowest BCUT2D eigenvalue weighted by Crippen LogP contribution is -1.85. The minimum Gasteiger partial charge on any atom is -0.382 e. The summed E-state index contributed by atoms with van der Waals surface area (Å²) in [6.07, 6.45) is 1.58. The quantitative estimate of drug-likeness (QED) is 0.375. The van der Waals surface area contributed by atoms with Gasteiger partial charge < -0.3 is 11.5 Å². The van der Waals surface area contributed by atoms with Gasteiger partial charge in [-0.25, -0.2) is 0 Å². The average molecular weight is 321 g/mol. The zero-order chi connectivity index (χ0) is 14.8. The van der Waals surface area contributed by atoms with Crippen molar-refractivity contribution in [2.75, 3.05) is 11.5 Å². The summed E-state index contributed by atoms with van der Waals surface area (Å²) in [5.74, 6) is 0.849. The Balaban J connectivity index is 0.000000154. The molecule has 0 aliphatic rings. The molecule has 0 aliphatic carbocycles. The van der Waals surface area contributed by atoms with Crippen molar-refractivity contribution in [3.8, 4) is 0 Å². The number of nitrogen functional groups attached to an aromatic ring is 2. The highest BCUT2D eigenvalue weighted by molar-refractivity contribution is 6.30. The Morgan fingerprint density at radius 1 is 0.909 bits per heavy atom. The molecule has 114 valence electrons. The first kappa shape index (κ1) is 15.4. The topological polar surface area (TPSA) is 161 Å². The van der Waals surface area contributed by atoms with Gasteiger partial charge in [0.25, 0.3) is 0 Å². The first-order chi connectivity index (χ1) is 10.1. The van der Waals surface area contributed by atoms with Gasteiger partial charge in [0.1, 0.15) is 0 Å². The van der Waals surface area contributed by atoms with Crippen molar-refractivity contribution >= 4 is 45.3 Å². The van der Waals surface area contributed by atoms with Crippen LogP contribution in [0.2, 0.25) is 5.15 Å². The molecule has 0 saturated heterocycles. The normalized spacial score (nSPS) is 10.0. The molecule has 22 heavy (non-hydrogen) atoms. The fourth-order valence-electron chi connectivity index (χ4n) is 1.61. The molecule has 0 aliphatic heterocycles. The minimum atomic E-state index is 0. The minimum absolute atomic E-state index is 0. The van der Waals surface area contributed by atoms with Crippen molar-refractivity contribution in [2.24, 2.45) is 0 Å². The van der Waals surface area contributed by atoms with Crippen molar-refractivity contribution in [1.29, 1.82) is 0 Å². The summed E-state index contributed by atoms with van der Waals surface area (Å²) in [6.45, 7) is 0. The Morgan fingerprint density at radius 2 is 1.55 bits per heavy atom. The summed E-state index contributed by atoms with van der Waals surface area (Å²) in [5, 5.41) is 29.3. The highest BCUT2D eigenvalue weighted by atomic mass is 35.5. The number of nitrogens with zero attached hydrogens (tertiary/aromatic N) is 6. The zero-order valence-corrected chi connectivity index (χ0v) is 11.2. The third-order valence-corrected chi connectivity index (χ3v) is 2.79. The van der Waals surface area contributed by atoms with Gasteiger partial charge in [-0.15, -0.1) is 15.3 Å². The first-order valence-corrected chi connectivity index (χ1v) is 6.07. The number of hydrogen-bond donors (Lipinski definition) is 4. The zero-order valence-electron chi connectivity index (χ0n) is 10.4. The summed E-state index contributed by atoms with van der Waals surface area (Å²) in [6, 6.07) is 3.38. The molecule has 0 atom stereocenters. The number of halogens is 1. The SMILES string of the molecule is C.Nc1n[nH]c2nnc(Cl)cc12.Nc1n[nH]c2nnccc12. The van der Waals surface area contributed by atoms with Crippen molar-refractivity contribution in [1.82, 2.24) is 40.8 Å².